The number of ether oxygens (including phenoxy) is 1. The molecule has 1 aliphatic heterocycles. The maximum atomic E-state index is 12.9. The zero-order valence-corrected chi connectivity index (χ0v) is 17.5. The summed E-state index contributed by atoms with van der Waals surface area (Å²) < 4.78 is 6.99. The Hall–Kier alpha value is -3.64. The number of halogens is 1. The highest BCUT2D eigenvalue weighted by molar-refractivity contribution is 6.30. The fraction of sp³-hybridized carbons (Fsp3) is 0.125. The standard InChI is InChI=1S/C24H20ClN3O3/c1-31-20-9-5-6-16(14-20)15-28-22(17-10-12-19(25)13-11-17)21(24(30)27-28)26-23(29)18-7-3-2-4-8-18/h2-15,21-22H,1H3,(H-,26,27,29,30)/p+1/b28-15-/t21-,22-/m1/s1. The second kappa shape index (κ2) is 9.02. The number of nitrogens with zero attached hydrogens (tertiary/aromatic N) is 1. The summed E-state index contributed by atoms with van der Waals surface area (Å²) in [5.74, 6) is 0.0857. The number of hydrazine groups is 1. The molecule has 0 saturated carbocycles. The van der Waals surface area contributed by atoms with Gasteiger partial charge in [0.05, 0.1) is 7.11 Å². The molecule has 31 heavy (non-hydrogen) atoms. The summed E-state index contributed by atoms with van der Waals surface area (Å²) in [5.41, 5.74) is 5.02. The predicted molar refractivity (Wildman–Crippen MR) is 118 cm³/mol. The molecule has 4 rings (SSSR count). The van der Waals surface area contributed by atoms with E-state index in [0.29, 0.717) is 16.3 Å². The monoisotopic (exact) mass is 434 g/mol. The first-order valence-corrected chi connectivity index (χ1v) is 10.1. The molecule has 2 atom stereocenters. The van der Waals surface area contributed by atoms with Crippen molar-refractivity contribution >= 4 is 29.6 Å². The Labute approximate surface area is 185 Å². The van der Waals surface area contributed by atoms with E-state index >= 15 is 0 Å². The largest absolute Gasteiger partial charge is 0.497 e. The lowest BCUT2D eigenvalue weighted by molar-refractivity contribution is -0.596. The molecule has 3 aromatic carbocycles. The predicted octanol–water partition coefficient (Wildman–Crippen LogP) is 3.36. The molecule has 1 heterocycles. The van der Waals surface area contributed by atoms with E-state index < -0.39 is 12.1 Å². The van der Waals surface area contributed by atoms with Crippen LogP contribution in [0.25, 0.3) is 0 Å². The first-order valence-electron chi connectivity index (χ1n) is 9.74. The van der Waals surface area contributed by atoms with Crippen LogP contribution in [-0.4, -0.2) is 35.9 Å². The van der Waals surface area contributed by atoms with Crippen LogP contribution in [0.3, 0.4) is 0 Å². The lowest BCUT2D eigenvalue weighted by Crippen LogP contribution is -2.42. The Morgan fingerprint density at radius 3 is 2.52 bits per heavy atom. The third-order valence-electron chi connectivity index (χ3n) is 5.05. The summed E-state index contributed by atoms with van der Waals surface area (Å²) in [4.78, 5) is 25.6. The van der Waals surface area contributed by atoms with Gasteiger partial charge >= 0.3 is 5.91 Å². The van der Waals surface area contributed by atoms with Crippen LogP contribution in [0.5, 0.6) is 5.75 Å². The number of hydrazone groups is 1. The highest BCUT2D eigenvalue weighted by Gasteiger charge is 2.47. The van der Waals surface area contributed by atoms with Crippen molar-refractivity contribution in [2.75, 3.05) is 7.11 Å². The highest BCUT2D eigenvalue weighted by atomic mass is 35.5. The van der Waals surface area contributed by atoms with Crippen molar-refractivity contribution < 1.29 is 19.0 Å². The van der Waals surface area contributed by atoms with E-state index in [1.165, 1.54) is 0 Å². The van der Waals surface area contributed by atoms with Crippen LogP contribution in [0.1, 0.15) is 27.5 Å². The van der Waals surface area contributed by atoms with Gasteiger partial charge in [0.2, 0.25) is 12.3 Å². The fourth-order valence-electron chi connectivity index (χ4n) is 3.54. The van der Waals surface area contributed by atoms with E-state index in [0.717, 1.165) is 11.1 Å². The van der Waals surface area contributed by atoms with Crippen molar-refractivity contribution in [3.63, 3.8) is 0 Å². The summed E-state index contributed by atoms with van der Waals surface area (Å²) in [6.45, 7) is 0. The molecule has 1 aliphatic rings. The number of benzene rings is 3. The second-order valence-corrected chi connectivity index (χ2v) is 7.54. The van der Waals surface area contributed by atoms with Gasteiger partial charge < -0.3 is 10.1 Å². The van der Waals surface area contributed by atoms with Gasteiger partial charge in [0.25, 0.3) is 5.91 Å². The zero-order chi connectivity index (χ0) is 21.8. The van der Waals surface area contributed by atoms with E-state index in [1.54, 1.807) is 48.2 Å². The normalized spacial score (nSPS) is 19.2. The van der Waals surface area contributed by atoms with E-state index in [9.17, 15) is 9.59 Å². The third kappa shape index (κ3) is 4.59. The number of nitrogens with one attached hydrogen (secondary N) is 2. The van der Waals surface area contributed by atoms with Crippen LogP contribution in [0.4, 0.5) is 0 Å². The lowest BCUT2D eigenvalue weighted by atomic mass is 10.00. The van der Waals surface area contributed by atoms with Gasteiger partial charge in [-0.05, 0) is 42.5 Å². The maximum Gasteiger partial charge on any atom is 0.304 e. The van der Waals surface area contributed by atoms with E-state index in [2.05, 4.69) is 10.7 Å². The van der Waals surface area contributed by atoms with Crippen molar-refractivity contribution in [2.45, 2.75) is 12.1 Å². The Morgan fingerprint density at radius 2 is 1.81 bits per heavy atom. The molecular formula is C24H21ClN3O3+. The molecule has 0 aromatic heterocycles. The summed E-state index contributed by atoms with van der Waals surface area (Å²) in [6, 6.07) is 22.3. The molecule has 0 radical (unpaired) electrons. The first kappa shape index (κ1) is 20.6. The molecule has 3 aromatic rings. The third-order valence-corrected chi connectivity index (χ3v) is 5.31. The van der Waals surface area contributed by atoms with Gasteiger partial charge in [0.15, 0.2) is 6.04 Å². The molecule has 0 spiro atoms. The van der Waals surface area contributed by atoms with Crippen molar-refractivity contribution in [3.05, 3.63) is 101 Å². The molecule has 0 bridgehead atoms. The summed E-state index contributed by atoms with van der Waals surface area (Å²) in [5, 5.41) is 3.47. The molecule has 6 nitrogen and oxygen atoms in total. The van der Waals surface area contributed by atoms with E-state index in [1.807, 2.05) is 48.7 Å². The summed E-state index contributed by atoms with van der Waals surface area (Å²) in [6.07, 6.45) is 1.81. The molecule has 1 saturated heterocycles. The lowest BCUT2D eigenvalue weighted by Gasteiger charge is -2.15. The van der Waals surface area contributed by atoms with Gasteiger partial charge in [-0.25, -0.2) is 0 Å². The summed E-state index contributed by atoms with van der Waals surface area (Å²) in [7, 11) is 1.60. The zero-order valence-electron chi connectivity index (χ0n) is 16.8. The van der Waals surface area contributed by atoms with Crippen LogP contribution >= 0.6 is 11.6 Å². The minimum atomic E-state index is -0.796. The average Bonchev–Trinajstić information content (AvgIpc) is 3.09. The van der Waals surface area contributed by atoms with Crippen LogP contribution < -0.4 is 15.5 Å². The number of amides is 2. The number of hydrogen-bond acceptors (Lipinski definition) is 3. The number of carbonyl (C=O) groups excluding carboxylic acids is 2. The van der Waals surface area contributed by atoms with Crippen molar-refractivity contribution in [1.29, 1.82) is 0 Å². The quantitative estimate of drug-likeness (QED) is 0.605. The number of carbonyl (C=O) groups is 2. The van der Waals surface area contributed by atoms with Gasteiger partial charge in [0.1, 0.15) is 5.75 Å². The molecule has 0 aliphatic carbocycles. The fourth-order valence-corrected chi connectivity index (χ4v) is 3.66. The van der Waals surface area contributed by atoms with Gasteiger partial charge in [-0.1, -0.05) is 48.0 Å². The maximum absolute atomic E-state index is 12.9. The Kier molecular flexibility index (Phi) is 6.00. The minimum absolute atomic E-state index is 0.302. The topological polar surface area (TPSA) is 70.4 Å². The number of hydrogen-bond donors (Lipinski definition) is 2. The Morgan fingerprint density at radius 1 is 1.06 bits per heavy atom. The SMILES string of the molecule is COc1cccc(/C=[N+]2\NC(=O)[C@H](NC(=O)c3ccccc3)[C@H]2c2ccc(Cl)cc2)c1. The number of rotatable bonds is 5. The molecule has 2 N–H and O–H groups in total. The summed E-state index contributed by atoms with van der Waals surface area (Å²) >= 11 is 6.06. The highest BCUT2D eigenvalue weighted by Crippen LogP contribution is 2.27. The minimum Gasteiger partial charge on any atom is -0.497 e. The molecular weight excluding hydrogens is 414 g/mol. The molecule has 0 unspecified atom stereocenters. The van der Waals surface area contributed by atoms with Gasteiger partial charge in [-0.2, -0.15) is 0 Å². The van der Waals surface area contributed by atoms with Gasteiger partial charge in [-0.3, -0.25) is 9.59 Å². The van der Waals surface area contributed by atoms with E-state index in [-0.39, 0.29) is 11.8 Å². The van der Waals surface area contributed by atoms with E-state index in [4.69, 9.17) is 16.3 Å². The van der Waals surface area contributed by atoms with Crippen LogP contribution in [-0.2, 0) is 4.79 Å². The Bertz CT molecular complexity index is 1130. The molecule has 7 heteroatoms. The van der Waals surface area contributed by atoms with Crippen LogP contribution in [0, 0.1) is 0 Å². The molecule has 2 amide bonds. The van der Waals surface area contributed by atoms with Gasteiger partial charge in [-0.15, -0.1) is 10.1 Å². The van der Waals surface area contributed by atoms with Crippen LogP contribution in [0.2, 0.25) is 5.02 Å². The average molecular weight is 435 g/mol. The van der Waals surface area contributed by atoms with Crippen molar-refractivity contribution in [1.82, 2.24) is 10.7 Å². The first-order chi connectivity index (χ1) is 15.0. The Balaban J connectivity index is 1.71. The van der Waals surface area contributed by atoms with Gasteiger partial charge in [0, 0.05) is 21.7 Å². The smallest absolute Gasteiger partial charge is 0.304 e. The molecule has 1 fully saturated rings. The van der Waals surface area contributed by atoms with Crippen LogP contribution in [0.15, 0.2) is 78.9 Å². The second-order valence-electron chi connectivity index (χ2n) is 7.10. The van der Waals surface area contributed by atoms with Crippen molar-refractivity contribution in [2.24, 2.45) is 0 Å². The number of methoxy groups -OCH3 is 1. The molecule has 156 valence electrons. The van der Waals surface area contributed by atoms with Crippen molar-refractivity contribution in [3.8, 4) is 5.75 Å².